The minimum Gasteiger partial charge on any atom is -0.497 e. The molecule has 0 saturated carbocycles. The topological polar surface area (TPSA) is 50.7 Å². The first-order chi connectivity index (χ1) is 6.86. The van der Waals surface area contributed by atoms with Gasteiger partial charge in [-0.2, -0.15) is 0 Å². The second-order valence-corrected chi connectivity index (χ2v) is 2.79. The van der Waals surface area contributed by atoms with Crippen LogP contribution in [0.15, 0.2) is 24.3 Å². The van der Waals surface area contributed by atoms with Gasteiger partial charge in [0.25, 0.3) is 0 Å². The van der Waals surface area contributed by atoms with Crippen LogP contribution >= 0.6 is 0 Å². The zero-order valence-corrected chi connectivity index (χ0v) is 8.19. The van der Waals surface area contributed by atoms with Crippen molar-refractivity contribution in [1.29, 1.82) is 0 Å². The molecule has 0 radical (unpaired) electrons. The molecule has 0 aliphatic carbocycles. The third kappa shape index (κ3) is 3.64. The molecule has 0 aromatic heterocycles. The highest BCUT2D eigenvalue weighted by molar-refractivity contribution is 5.30. The van der Waals surface area contributed by atoms with Gasteiger partial charge in [-0.15, -0.1) is 0 Å². The van der Waals surface area contributed by atoms with Crippen LogP contribution < -0.4 is 15.0 Å². The molecule has 4 heteroatoms. The monoisotopic (exact) mass is 197 g/mol. The molecule has 0 saturated heterocycles. The number of rotatable bonds is 6. The lowest BCUT2D eigenvalue weighted by atomic mass is 10.3. The van der Waals surface area contributed by atoms with Gasteiger partial charge in [-0.1, -0.05) is 0 Å². The molecule has 0 aliphatic rings. The highest BCUT2D eigenvalue weighted by Crippen LogP contribution is 2.16. The van der Waals surface area contributed by atoms with Gasteiger partial charge in [-0.3, -0.25) is 0 Å². The molecule has 1 aromatic carbocycles. The van der Waals surface area contributed by atoms with E-state index in [1.807, 2.05) is 24.3 Å². The molecule has 0 spiro atoms. The minimum atomic E-state index is 0.538. The summed E-state index contributed by atoms with van der Waals surface area (Å²) in [7, 11) is 1.63. The van der Waals surface area contributed by atoms with Crippen molar-refractivity contribution >= 4 is 0 Å². The molecule has 1 rings (SSSR count). The third-order valence-corrected chi connectivity index (χ3v) is 1.76. The molecule has 0 unspecified atom stereocenters. The number of hydroxylamine groups is 1. The zero-order valence-electron chi connectivity index (χ0n) is 8.19. The van der Waals surface area contributed by atoms with E-state index in [9.17, 15) is 0 Å². The Hall–Kier alpha value is -1.26. The van der Waals surface area contributed by atoms with Crippen LogP contribution in [0.5, 0.6) is 11.5 Å². The second kappa shape index (κ2) is 6.23. The van der Waals surface area contributed by atoms with Gasteiger partial charge in [0, 0.05) is 6.54 Å². The fourth-order valence-corrected chi connectivity index (χ4v) is 1.01. The lowest BCUT2D eigenvalue weighted by Gasteiger charge is -2.06. The Bertz CT molecular complexity index is 248. The number of hydrogen-bond acceptors (Lipinski definition) is 4. The van der Waals surface area contributed by atoms with Crippen LogP contribution in [-0.2, 0) is 0 Å². The fraction of sp³-hybridized carbons (Fsp3) is 0.400. The van der Waals surface area contributed by atoms with Crippen molar-refractivity contribution in [3.63, 3.8) is 0 Å². The highest BCUT2D eigenvalue weighted by atomic mass is 16.5. The van der Waals surface area contributed by atoms with Crippen molar-refractivity contribution in [2.24, 2.45) is 0 Å². The maximum absolute atomic E-state index is 8.31. The van der Waals surface area contributed by atoms with Gasteiger partial charge in [-0.05, 0) is 30.7 Å². The second-order valence-electron chi connectivity index (χ2n) is 2.79. The fourth-order valence-electron chi connectivity index (χ4n) is 1.01. The third-order valence-electron chi connectivity index (χ3n) is 1.76. The number of ether oxygens (including phenoxy) is 2. The van der Waals surface area contributed by atoms with Gasteiger partial charge in [0.05, 0.1) is 13.7 Å². The van der Waals surface area contributed by atoms with Crippen LogP contribution in [0.3, 0.4) is 0 Å². The standard InChI is InChI=1S/C10H15NO3/c1-13-9-3-5-10(6-4-9)14-8-2-7-11-12/h3-6,11-12H,2,7-8H2,1H3. The van der Waals surface area contributed by atoms with Gasteiger partial charge >= 0.3 is 0 Å². The van der Waals surface area contributed by atoms with Crippen LogP contribution in [-0.4, -0.2) is 25.5 Å². The quantitative estimate of drug-likeness (QED) is 0.535. The average molecular weight is 197 g/mol. The van der Waals surface area contributed by atoms with E-state index < -0.39 is 0 Å². The van der Waals surface area contributed by atoms with Gasteiger partial charge in [0.15, 0.2) is 0 Å². The van der Waals surface area contributed by atoms with Crippen molar-refractivity contribution in [3.05, 3.63) is 24.3 Å². The van der Waals surface area contributed by atoms with Gasteiger partial charge in [0.1, 0.15) is 11.5 Å². The molecule has 0 fully saturated rings. The molecular formula is C10H15NO3. The lowest BCUT2D eigenvalue weighted by Crippen LogP contribution is -2.12. The van der Waals surface area contributed by atoms with E-state index in [2.05, 4.69) is 5.48 Å². The van der Waals surface area contributed by atoms with Crippen molar-refractivity contribution in [2.75, 3.05) is 20.3 Å². The minimum absolute atomic E-state index is 0.538. The van der Waals surface area contributed by atoms with Gasteiger partial charge in [0.2, 0.25) is 0 Å². The van der Waals surface area contributed by atoms with Crippen molar-refractivity contribution in [1.82, 2.24) is 5.48 Å². The van der Waals surface area contributed by atoms with Crippen molar-refractivity contribution < 1.29 is 14.7 Å². The summed E-state index contributed by atoms with van der Waals surface area (Å²) >= 11 is 0. The molecule has 0 amide bonds. The molecule has 0 atom stereocenters. The summed E-state index contributed by atoms with van der Waals surface area (Å²) in [6.07, 6.45) is 0.766. The molecule has 2 N–H and O–H groups in total. The van der Waals surface area contributed by atoms with Crippen LogP contribution in [0.25, 0.3) is 0 Å². The van der Waals surface area contributed by atoms with E-state index in [0.717, 1.165) is 17.9 Å². The van der Waals surface area contributed by atoms with Crippen molar-refractivity contribution in [3.8, 4) is 11.5 Å². The van der Waals surface area contributed by atoms with Crippen molar-refractivity contribution in [2.45, 2.75) is 6.42 Å². The summed E-state index contributed by atoms with van der Waals surface area (Å²) in [6.45, 7) is 1.12. The van der Waals surface area contributed by atoms with E-state index in [-0.39, 0.29) is 0 Å². The van der Waals surface area contributed by atoms with Crippen LogP contribution in [0.2, 0.25) is 0 Å². The zero-order chi connectivity index (χ0) is 10.2. The summed E-state index contributed by atoms with van der Waals surface area (Å²) in [5, 5.41) is 8.31. The summed E-state index contributed by atoms with van der Waals surface area (Å²) in [5.74, 6) is 1.62. The summed E-state index contributed by atoms with van der Waals surface area (Å²) in [4.78, 5) is 0. The van der Waals surface area contributed by atoms with Gasteiger partial charge in [-0.25, -0.2) is 5.48 Å². The summed E-state index contributed by atoms with van der Waals surface area (Å²) in [6, 6.07) is 7.40. The number of hydrogen-bond donors (Lipinski definition) is 2. The predicted molar refractivity (Wildman–Crippen MR) is 52.9 cm³/mol. The summed E-state index contributed by atoms with van der Waals surface area (Å²) < 4.78 is 10.4. The van der Waals surface area contributed by atoms with Crippen LogP contribution in [0, 0.1) is 0 Å². The molecule has 0 heterocycles. The first-order valence-electron chi connectivity index (χ1n) is 4.50. The van der Waals surface area contributed by atoms with Gasteiger partial charge < -0.3 is 14.7 Å². The number of nitrogens with one attached hydrogen (secondary N) is 1. The Morgan fingerprint density at radius 3 is 2.43 bits per heavy atom. The van der Waals surface area contributed by atoms with Crippen LogP contribution in [0.4, 0.5) is 0 Å². The maximum Gasteiger partial charge on any atom is 0.119 e. The van der Waals surface area contributed by atoms with Crippen LogP contribution in [0.1, 0.15) is 6.42 Å². The highest BCUT2D eigenvalue weighted by Gasteiger charge is 1.94. The number of methoxy groups -OCH3 is 1. The molecule has 78 valence electrons. The molecule has 1 aromatic rings. The predicted octanol–water partition coefficient (Wildman–Crippen LogP) is 1.44. The Balaban J connectivity index is 2.29. The Morgan fingerprint density at radius 1 is 1.21 bits per heavy atom. The molecular weight excluding hydrogens is 182 g/mol. The van der Waals surface area contributed by atoms with E-state index in [1.54, 1.807) is 7.11 Å². The lowest BCUT2D eigenvalue weighted by molar-refractivity contribution is 0.157. The number of benzene rings is 1. The van der Waals surface area contributed by atoms with E-state index in [4.69, 9.17) is 14.7 Å². The van der Waals surface area contributed by atoms with E-state index in [1.165, 1.54) is 0 Å². The Morgan fingerprint density at radius 2 is 1.86 bits per heavy atom. The first kappa shape index (κ1) is 10.8. The smallest absolute Gasteiger partial charge is 0.119 e. The van der Waals surface area contributed by atoms with E-state index >= 15 is 0 Å². The average Bonchev–Trinajstić information content (AvgIpc) is 2.25. The molecule has 14 heavy (non-hydrogen) atoms. The Labute approximate surface area is 83.4 Å². The molecule has 4 nitrogen and oxygen atoms in total. The molecule has 0 aliphatic heterocycles. The maximum atomic E-state index is 8.31. The first-order valence-corrected chi connectivity index (χ1v) is 4.50. The largest absolute Gasteiger partial charge is 0.497 e. The normalized spacial score (nSPS) is 9.86. The van der Waals surface area contributed by atoms with E-state index in [0.29, 0.717) is 13.2 Å². The Kier molecular flexibility index (Phi) is 4.82. The summed E-state index contributed by atoms with van der Waals surface area (Å²) in [5.41, 5.74) is 2.07. The molecule has 0 bridgehead atoms. The SMILES string of the molecule is COc1ccc(OCCCNO)cc1.